The number of piperidine rings is 1. The molecule has 2 nitrogen and oxygen atoms in total. The number of hydrogen-bond donors (Lipinski definition) is 1. The standard InChI is InChI=1S/C24H32N2/c1-5-23(2,3)21-13-9-10-14-22(21)24(25-4)15-17-26(18-16-24)19-20-11-7-6-8-12-20/h5-14,25H,1,15-19H2,2-4H3. The van der Waals surface area contributed by atoms with Crippen molar-refractivity contribution in [1.29, 1.82) is 0 Å². The molecular formula is C24H32N2. The second-order valence-electron chi connectivity index (χ2n) is 8.07. The average Bonchev–Trinajstić information content (AvgIpc) is 2.69. The van der Waals surface area contributed by atoms with Gasteiger partial charge in [0.1, 0.15) is 0 Å². The maximum Gasteiger partial charge on any atom is 0.0459 e. The van der Waals surface area contributed by atoms with Crippen LogP contribution in [0.2, 0.25) is 0 Å². The lowest BCUT2D eigenvalue weighted by atomic mass is 9.72. The van der Waals surface area contributed by atoms with Crippen LogP contribution < -0.4 is 5.32 Å². The number of rotatable bonds is 6. The van der Waals surface area contributed by atoms with E-state index in [-0.39, 0.29) is 11.0 Å². The van der Waals surface area contributed by atoms with Crippen LogP contribution in [0, 0.1) is 0 Å². The van der Waals surface area contributed by atoms with E-state index >= 15 is 0 Å². The third kappa shape index (κ3) is 3.77. The summed E-state index contributed by atoms with van der Waals surface area (Å²) in [4.78, 5) is 2.58. The fourth-order valence-corrected chi connectivity index (χ4v) is 4.16. The first-order chi connectivity index (χ1) is 12.5. The van der Waals surface area contributed by atoms with Gasteiger partial charge in [0.15, 0.2) is 0 Å². The molecule has 0 saturated carbocycles. The average molecular weight is 349 g/mol. The third-order valence-electron chi connectivity index (χ3n) is 6.08. The fourth-order valence-electron chi connectivity index (χ4n) is 4.16. The Labute approximate surface area is 158 Å². The lowest BCUT2D eigenvalue weighted by Crippen LogP contribution is -2.50. The van der Waals surface area contributed by atoms with Crippen molar-refractivity contribution < 1.29 is 0 Å². The summed E-state index contributed by atoms with van der Waals surface area (Å²) in [6.07, 6.45) is 4.32. The van der Waals surface area contributed by atoms with Gasteiger partial charge in [-0.2, -0.15) is 0 Å². The van der Waals surface area contributed by atoms with E-state index in [4.69, 9.17) is 0 Å². The quantitative estimate of drug-likeness (QED) is 0.750. The molecule has 26 heavy (non-hydrogen) atoms. The highest BCUT2D eigenvalue weighted by atomic mass is 15.1. The first kappa shape index (κ1) is 18.9. The minimum Gasteiger partial charge on any atom is -0.310 e. The third-order valence-corrected chi connectivity index (χ3v) is 6.08. The molecule has 0 amide bonds. The zero-order valence-corrected chi connectivity index (χ0v) is 16.5. The Morgan fingerprint density at radius 1 is 1.04 bits per heavy atom. The molecule has 2 aromatic carbocycles. The van der Waals surface area contributed by atoms with Crippen LogP contribution in [-0.4, -0.2) is 25.0 Å². The molecule has 0 unspecified atom stereocenters. The number of allylic oxidation sites excluding steroid dienone is 1. The van der Waals surface area contributed by atoms with Crippen molar-refractivity contribution in [2.24, 2.45) is 0 Å². The van der Waals surface area contributed by atoms with Gasteiger partial charge in [0.25, 0.3) is 0 Å². The maximum absolute atomic E-state index is 4.07. The van der Waals surface area contributed by atoms with E-state index < -0.39 is 0 Å². The Kier molecular flexibility index (Phi) is 5.64. The van der Waals surface area contributed by atoms with E-state index in [0.29, 0.717) is 0 Å². The summed E-state index contributed by atoms with van der Waals surface area (Å²) in [7, 11) is 2.12. The van der Waals surface area contributed by atoms with Gasteiger partial charge in [0.05, 0.1) is 0 Å². The Balaban J connectivity index is 1.81. The van der Waals surface area contributed by atoms with Crippen LogP contribution in [0.25, 0.3) is 0 Å². The minimum absolute atomic E-state index is 0.0262. The first-order valence-electron chi connectivity index (χ1n) is 9.69. The Bertz CT molecular complexity index is 725. The van der Waals surface area contributed by atoms with E-state index in [1.807, 2.05) is 0 Å². The van der Waals surface area contributed by atoms with Crippen molar-refractivity contribution in [3.05, 3.63) is 83.9 Å². The van der Waals surface area contributed by atoms with Crippen molar-refractivity contribution in [2.45, 2.75) is 44.2 Å². The second kappa shape index (κ2) is 7.77. The van der Waals surface area contributed by atoms with E-state index in [9.17, 15) is 0 Å². The van der Waals surface area contributed by atoms with E-state index in [0.717, 1.165) is 32.5 Å². The number of hydrogen-bond acceptors (Lipinski definition) is 2. The highest BCUT2D eigenvalue weighted by molar-refractivity contribution is 5.41. The molecule has 0 spiro atoms. The van der Waals surface area contributed by atoms with Crippen LogP contribution in [-0.2, 0) is 17.5 Å². The molecule has 0 bridgehead atoms. The molecule has 3 rings (SSSR count). The van der Waals surface area contributed by atoms with Gasteiger partial charge in [-0.15, -0.1) is 6.58 Å². The molecule has 138 valence electrons. The minimum atomic E-state index is -0.0262. The first-order valence-corrected chi connectivity index (χ1v) is 9.69. The largest absolute Gasteiger partial charge is 0.310 e. The smallest absolute Gasteiger partial charge is 0.0459 e. The van der Waals surface area contributed by atoms with Gasteiger partial charge < -0.3 is 5.32 Å². The number of benzene rings is 2. The van der Waals surface area contributed by atoms with Gasteiger partial charge in [-0.1, -0.05) is 74.5 Å². The molecule has 1 N–H and O–H groups in total. The molecule has 1 heterocycles. The summed E-state index contributed by atoms with van der Waals surface area (Å²) in [5, 5.41) is 3.69. The van der Waals surface area contributed by atoms with Crippen LogP contribution in [0.3, 0.4) is 0 Å². The molecule has 1 aliphatic rings. The molecule has 2 aromatic rings. The summed E-state index contributed by atoms with van der Waals surface area (Å²) in [6, 6.07) is 19.7. The van der Waals surface area contributed by atoms with Gasteiger partial charge in [-0.3, -0.25) is 4.90 Å². The number of nitrogens with zero attached hydrogens (tertiary/aromatic N) is 1. The molecule has 1 saturated heterocycles. The zero-order chi connectivity index (χ0) is 18.6. The second-order valence-corrected chi connectivity index (χ2v) is 8.07. The van der Waals surface area contributed by atoms with Gasteiger partial charge in [0, 0.05) is 30.6 Å². The van der Waals surface area contributed by atoms with Crippen molar-refractivity contribution >= 4 is 0 Å². The molecule has 1 aliphatic heterocycles. The Morgan fingerprint density at radius 3 is 2.27 bits per heavy atom. The predicted molar refractivity (Wildman–Crippen MR) is 111 cm³/mol. The van der Waals surface area contributed by atoms with Crippen LogP contribution in [0.5, 0.6) is 0 Å². The number of nitrogens with one attached hydrogen (secondary N) is 1. The predicted octanol–water partition coefficient (Wildman–Crippen LogP) is 4.86. The molecular weight excluding hydrogens is 316 g/mol. The van der Waals surface area contributed by atoms with Crippen LogP contribution in [0.4, 0.5) is 0 Å². The van der Waals surface area contributed by atoms with Gasteiger partial charge in [-0.05, 0) is 36.6 Å². The SMILES string of the molecule is C=CC(C)(C)c1ccccc1C1(NC)CCN(Cc2ccccc2)CC1. The van der Waals surface area contributed by atoms with Crippen molar-refractivity contribution in [1.82, 2.24) is 10.2 Å². The fraction of sp³-hybridized carbons (Fsp3) is 0.417. The van der Waals surface area contributed by atoms with Gasteiger partial charge >= 0.3 is 0 Å². The topological polar surface area (TPSA) is 15.3 Å². The lowest BCUT2D eigenvalue weighted by molar-refractivity contribution is 0.133. The van der Waals surface area contributed by atoms with Gasteiger partial charge in [-0.25, -0.2) is 0 Å². The molecule has 1 fully saturated rings. The summed E-state index contributed by atoms with van der Waals surface area (Å²) < 4.78 is 0. The highest BCUT2D eigenvalue weighted by Gasteiger charge is 2.38. The van der Waals surface area contributed by atoms with Crippen LogP contribution in [0.15, 0.2) is 67.3 Å². The molecule has 2 heteroatoms. The highest BCUT2D eigenvalue weighted by Crippen LogP contribution is 2.39. The summed E-state index contributed by atoms with van der Waals surface area (Å²) >= 11 is 0. The number of likely N-dealkylation sites (tertiary alicyclic amines) is 1. The zero-order valence-electron chi connectivity index (χ0n) is 16.5. The van der Waals surface area contributed by atoms with E-state index in [2.05, 4.69) is 98.4 Å². The Hall–Kier alpha value is -1.90. The van der Waals surface area contributed by atoms with Crippen molar-refractivity contribution in [2.75, 3.05) is 20.1 Å². The monoisotopic (exact) mass is 348 g/mol. The molecule has 0 aliphatic carbocycles. The summed E-state index contributed by atoms with van der Waals surface area (Å²) in [5.41, 5.74) is 4.25. The molecule has 0 radical (unpaired) electrons. The maximum atomic E-state index is 4.07. The van der Waals surface area contributed by atoms with Gasteiger partial charge in [0.2, 0.25) is 0 Å². The van der Waals surface area contributed by atoms with E-state index in [1.165, 1.54) is 16.7 Å². The summed E-state index contributed by atoms with van der Waals surface area (Å²) in [5.74, 6) is 0. The van der Waals surface area contributed by atoms with Crippen molar-refractivity contribution in [3.8, 4) is 0 Å². The van der Waals surface area contributed by atoms with Crippen LogP contribution >= 0.6 is 0 Å². The lowest BCUT2D eigenvalue weighted by Gasteiger charge is -2.44. The Morgan fingerprint density at radius 2 is 1.65 bits per heavy atom. The normalized spacial score (nSPS) is 17.8. The van der Waals surface area contributed by atoms with Crippen molar-refractivity contribution in [3.63, 3.8) is 0 Å². The van der Waals surface area contributed by atoms with Crippen LogP contribution in [0.1, 0.15) is 43.4 Å². The van der Waals surface area contributed by atoms with E-state index in [1.54, 1.807) is 0 Å². The molecule has 0 aromatic heterocycles. The molecule has 0 atom stereocenters. The summed E-state index contributed by atoms with van der Waals surface area (Å²) in [6.45, 7) is 11.8.